The normalized spacial score (nSPS) is 11.8. The highest BCUT2D eigenvalue weighted by molar-refractivity contribution is 5.66. The molecule has 2 aromatic heterocycles. The van der Waals surface area contributed by atoms with E-state index in [0.29, 0.717) is 5.82 Å². The van der Waals surface area contributed by atoms with E-state index in [4.69, 9.17) is 5.84 Å². The molecule has 0 amide bonds. The summed E-state index contributed by atoms with van der Waals surface area (Å²) in [5.41, 5.74) is 3.60. The molecule has 18 heavy (non-hydrogen) atoms. The minimum atomic E-state index is 0.187. The van der Waals surface area contributed by atoms with Crippen LogP contribution in [0.3, 0.4) is 0 Å². The molecular weight excluding hydrogens is 228 g/mol. The van der Waals surface area contributed by atoms with Crippen LogP contribution in [0.1, 0.15) is 20.8 Å². The number of nitrogens with zero attached hydrogens (tertiary/aromatic N) is 4. The van der Waals surface area contributed by atoms with E-state index in [-0.39, 0.29) is 5.41 Å². The number of nitrogens with two attached hydrogens (primary N) is 1. The van der Waals surface area contributed by atoms with E-state index in [9.17, 15) is 0 Å². The third-order valence-electron chi connectivity index (χ3n) is 2.58. The van der Waals surface area contributed by atoms with Gasteiger partial charge in [0.25, 0.3) is 0 Å². The standard InChI is InChI=1S/C12H20N6/c1-12(2,3)8-17(4)11-10-14-5-6-18(10)7-9(15-11)16-13/h5-7,16H,8,13H2,1-4H3. The molecule has 6 nitrogen and oxygen atoms in total. The van der Waals surface area contributed by atoms with Crippen molar-refractivity contribution < 1.29 is 0 Å². The Hall–Kier alpha value is -1.82. The minimum Gasteiger partial charge on any atom is -0.356 e. The van der Waals surface area contributed by atoms with Gasteiger partial charge in [-0.15, -0.1) is 0 Å². The van der Waals surface area contributed by atoms with Gasteiger partial charge in [0, 0.05) is 26.0 Å². The predicted molar refractivity (Wildman–Crippen MR) is 73.5 cm³/mol. The van der Waals surface area contributed by atoms with Crippen LogP contribution in [0.15, 0.2) is 18.6 Å². The molecule has 0 unspecified atom stereocenters. The first kappa shape index (κ1) is 12.6. The van der Waals surface area contributed by atoms with Gasteiger partial charge in [-0.1, -0.05) is 20.8 Å². The van der Waals surface area contributed by atoms with Crippen LogP contribution in [0.25, 0.3) is 5.65 Å². The van der Waals surface area contributed by atoms with Gasteiger partial charge in [0.2, 0.25) is 0 Å². The van der Waals surface area contributed by atoms with Crippen LogP contribution in [0, 0.1) is 5.41 Å². The molecule has 0 aliphatic heterocycles. The number of fused-ring (bicyclic) bond motifs is 1. The number of hydrazine groups is 1. The summed E-state index contributed by atoms with van der Waals surface area (Å²) in [7, 11) is 2.02. The molecule has 0 aliphatic carbocycles. The van der Waals surface area contributed by atoms with Crippen molar-refractivity contribution in [2.45, 2.75) is 20.8 Å². The maximum Gasteiger partial charge on any atom is 0.180 e. The fraction of sp³-hybridized carbons (Fsp3) is 0.500. The van der Waals surface area contributed by atoms with Crippen LogP contribution in [0.5, 0.6) is 0 Å². The molecule has 2 rings (SSSR count). The topological polar surface area (TPSA) is 71.5 Å². The molecule has 0 atom stereocenters. The van der Waals surface area contributed by atoms with Gasteiger partial charge in [0.1, 0.15) is 0 Å². The minimum absolute atomic E-state index is 0.187. The maximum absolute atomic E-state index is 5.44. The first-order valence-corrected chi connectivity index (χ1v) is 5.92. The summed E-state index contributed by atoms with van der Waals surface area (Å²) in [6.45, 7) is 7.46. The Kier molecular flexibility index (Phi) is 3.13. The fourth-order valence-corrected chi connectivity index (χ4v) is 2.03. The van der Waals surface area contributed by atoms with Crippen LogP contribution in [-0.2, 0) is 0 Å². The summed E-state index contributed by atoms with van der Waals surface area (Å²) in [6, 6.07) is 0. The van der Waals surface area contributed by atoms with Crippen molar-refractivity contribution in [1.82, 2.24) is 14.4 Å². The van der Waals surface area contributed by atoms with Crippen molar-refractivity contribution in [2.24, 2.45) is 11.3 Å². The average molecular weight is 248 g/mol. The summed E-state index contributed by atoms with van der Waals surface area (Å²) in [5.74, 6) is 6.89. The second-order valence-corrected chi connectivity index (χ2v) is 5.67. The second kappa shape index (κ2) is 4.45. The Morgan fingerprint density at radius 2 is 2.17 bits per heavy atom. The van der Waals surface area contributed by atoms with E-state index in [1.165, 1.54) is 0 Å². The van der Waals surface area contributed by atoms with Gasteiger partial charge in [-0.2, -0.15) is 0 Å². The Morgan fingerprint density at radius 1 is 1.44 bits per heavy atom. The number of aromatic nitrogens is 3. The quantitative estimate of drug-likeness (QED) is 0.636. The van der Waals surface area contributed by atoms with Gasteiger partial charge in [-0.25, -0.2) is 15.8 Å². The van der Waals surface area contributed by atoms with Crippen LogP contribution in [0.2, 0.25) is 0 Å². The molecule has 0 fully saturated rings. The molecule has 2 heterocycles. The zero-order chi connectivity index (χ0) is 13.3. The Balaban J connectivity index is 2.45. The molecule has 0 aliphatic rings. The van der Waals surface area contributed by atoms with Crippen molar-refractivity contribution in [1.29, 1.82) is 0 Å². The van der Waals surface area contributed by atoms with E-state index in [1.54, 1.807) is 6.20 Å². The van der Waals surface area contributed by atoms with Crippen molar-refractivity contribution >= 4 is 17.3 Å². The lowest BCUT2D eigenvalue weighted by Crippen LogP contribution is -2.30. The Labute approximate surface area is 107 Å². The molecule has 98 valence electrons. The Morgan fingerprint density at radius 3 is 2.78 bits per heavy atom. The van der Waals surface area contributed by atoms with Crippen LogP contribution in [-0.4, -0.2) is 28.0 Å². The van der Waals surface area contributed by atoms with Crippen molar-refractivity contribution in [3.63, 3.8) is 0 Å². The molecule has 3 N–H and O–H groups in total. The molecule has 0 radical (unpaired) electrons. The van der Waals surface area contributed by atoms with Gasteiger partial charge in [0.05, 0.1) is 6.20 Å². The monoisotopic (exact) mass is 248 g/mol. The van der Waals surface area contributed by atoms with E-state index in [1.807, 2.05) is 23.8 Å². The molecule has 0 aromatic carbocycles. The van der Waals surface area contributed by atoms with Crippen molar-refractivity contribution in [3.8, 4) is 0 Å². The molecule has 0 saturated heterocycles. The summed E-state index contributed by atoms with van der Waals surface area (Å²) in [6.07, 6.45) is 5.45. The van der Waals surface area contributed by atoms with Gasteiger partial charge in [-0.3, -0.25) is 0 Å². The first-order chi connectivity index (χ1) is 8.40. The summed E-state index contributed by atoms with van der Waals surface area (Å²) in [5, 5.41) is 0. The van der Waals surface area contributed by atoms with Gasteiger partial charge < -0.3 is 14.7 Å². The summed E-state index contributed by atoms with van der Waals surface area (Å²) < 4.78 is 1.91. The number of imidazole rings is 1. The number of nitrogen functional groups attached to an aromatic ring is 1. The lowest BCUT2D eigenvalue weighted by Gasteiger charge is -2.27. The number of hydrogen-bond acceptors (Lipinski definition) is 5. The third-order valence-corrected chi connectivity index (χ3v) is 2.58. The smallest absolute Gasteiger partial charge is 0.180 e. The van der Waals surface area contributed by atoms with Crippen LogP contribution < -0.4 is 16.2 Å². The summed E-state index contributed by atoms with van der Waals surface area (Å²) >= 11 is 0. The summed E-state index contributed by atoms with van der Waals surface area (Å²) in [4.78, 5) is 10.9. The van der Waals surface area contributed by atoms with Gasteiger partial charge in [-0.05, 0) is 5.41 Å². The molecule has 0 saturated carbocycles. The van der Waals surface area contributed by atoms with E-state index in [0.717, 1.165) is 18.0 Å². The largest absolute Gasteiger partial charge is 0.356 e. The zero-order valence-corrected chi connectivity index (χ0v) is 11.3. The SMILES string of the molecule is CN(CC(C)(C)C)c1nc(NN)cn2ccnc12. The van der Waals surface area contributed by atoms with Crippen LogP contribution >= 0.6 is 0 Å². The molecule has 0 bridgehead atoms. The molecule has 6 heteroatoms. The lowest BCUT2D eigenvalue weighted by molar-refractivity contribution is 0.418. The maximum atomic E-state index is 5.44. The number of rotatable bonds is 3. The molecule has 2 aromatic rings. The van der Waals surface area contributed by atoms with Crippen molar-refractivity contribution in [2.75, 3.05) is 23.9 Å². The average Bonchev–Trinajstić information content (AvgIpc) is 2.72. The second-order valence-electron chi connectivity index (χ2n) is 5.67. The molecule has 0 spiro atoms. The van der Waals surface area contributed by atoms with E-state index in [2.05, 4.69) is 41.1 Å². The number of hydrogen-bond donors (Lipinski definition) is 2. The van der Waals surface area contributed by atoms with Gasteiger partial charge >= 0.3 is 0 Å². The third kappa shape index (κ3) is 2.53. The van der Waals surface area contributed by atoms with E-state index >= 15 is 0 Å². The van der Waals surface area contributed by atoms with Crippen LogP contribution in [0.4, 0.5) is 11.6 Å². The highest BCUT2D eigenvalue weighted by Gasteiger charge is 2.18. The number of anilines is 2. The van der Waals surface area contributed by atoms with E-state index < -0.39 is 0 Å². The fourth-order valence-electron chi connectivity index (χ4n) is 2.03. The highest BCUT2D eigenvalue weighted by atomic mass is 15.3. The first-order valence-electron chi connectivity index (χ1n) is 5.92. The Bertz CT molecular complexity index is 539. The molecular formula is C12H20N6. The zero-order valence-electron chi connectivity index (χ0n) is 11.3. The predicted octanol–water partition coefficient (Wildman–Crippen LogP) is 1.50. The number of nitrogens with one attached hydrogen (secondary N) is 1. The lowest BCUT2D eigenvalue weighted by atomic mass is 9.96. The van der Waals surface area contributed by atoms with Crippen molar-refractivity contribution in [3.05, 3.63) is 18.6 Å². The van der Waals surface area contributed by atoms with Gasteiger partial charge in [0.15, 0.2) is 17.3 Å². The highest BCUT2D eigenvalue weighted by Crippen LogP contribution is 2.23.